The van der Waals surface area contributed by atoms with Crippen molar-refractivity contribution in [1.82, 2.24) is 9.97 Å². The number of aromatic nitrogens is 2. The van der Waals surface area contributed by atoms with Crippen molar-refractivity contribution in [2.75, 3.05) is 11.4 Å². The van der Waals surface area contributed by atoms with Crippen molar-refractivity contribution in [3.8, 4) is 0 Å². The van der Waals surface area contributed by atoms with Crippen molar-refractivity contribution in [2.45, 2.75) is 6.42 Å². The summed E-state index contributed by atoms with van der Waals surface area (Å²) in [5.41, 5.74) is 5.99. The third-order valence-electron chi connectivity index (χ3n) is 2.73. The zero-order chi connectivity index (χ0) is 14.4. The van der Waals surface area contributed by atoms with E-state index in [0.717, 1.165) is 5.69 Å². The predicted molar refractivity (Wildman–Crippen MR) is 76.3 cm³/mol. The predicted octanol–water partition coefficient (Wildman–Crippen LogP) is 1.04. The molecule has 20 heavy (non-hydrogen) atoms. The molecule has 0 spiro atoms. The van der Waals surface area contributed by atoms with Crippen LogP contribution in [0.25, 0.3) is 0 Å². The van der Waals surface area contributed by atoms with E-state index in [-0.39, 0.29) is 17.2 Å². The van der Waals surface area contributed by atoms with E-state index in [4.69, 9.17) is 10.9 Å². The minimum absolute atomic E-state index is 0.0956. The number of H-pyrrole nitrogens is 1. The molecule has 0 saturated carbocycles. The average Bonchev–Trinajstić information content (AvgIpc) is 2.50. The first kappa shape index (κ1) is 13.6. The lowest BCUT2D eigenvalue weighted by molar-refractivity contribution is 0.317. The van der Waals surface area contributed by atoms with Crippen LogP contribution in [-0.4, -0.2) is 27.6 Å². The Balaban J connectivity index is 2.35. The fraction of sp³-hybridized carbons (Fsp3) is 0.154. The van der Waals surface area contributed by atoms with Gasteiger partial charge in [0.25, 0.3) is 5.56 Å². The van der Waals surface area contributed by atoms with Gasteiger partial charge in [0.05, 0.1) is 0 Å². The second kappa shape index (κ2) is 6.37. The molecular formula is C13H15N5O2. The van der Waals surface area contributed by atoms with Crippen molar-refractivity contribution in [1.29, 1.82) is 0 Å². The van der Waals surface area contributed by atoms with Gasteiger partial charge in [-0.15, -0.1) is 0 Å². The summed E-state index contributed by atoms with van der Waals surface area (Å²) in [6.45, 7) is 0.375. The Hall–Kier alpha value is -2.83. The molecule has 1 heterocycles. The number of hydrogen-bond donors (Lipinski definition) is 3. The van der Waals surface area contributed by atoms with E-state index in [0.29, 0.717) is 13.0 Å². The van der Waals surface area contributed by atoms with Crippen LogP contribution in [-0.2, 0) is 0 Å². The second-order valence-corrected chi connectivity index (χ2v) is 4.07. The highest BCUT2D eigenvalue weighted by Gasteiger charge is 2.14. The van der Waals surface area contributed by atoms with Gasteiger partial charge >= 0.3 is 0 Å². The molecule has 0 radical (unpaired) electrons. The molecule has 0 amide bonds. The fourth-order valence-corrected chi connectivity index (χ4v) is 1.78. The molecule has 0 bridgehead atoms. The number of amidine groups is 1. The highest BCUT2D eigenvalue weighted by Crippen LogP contribution is 2.20. The maximum absolute atomic E-state index is 11.9. The van der Waals surface area contributed by atoms with E-state index in [1.165, 1.54) is 12.4 Å². The molecule has 0 aliphatic rings. The average molecular weight is 273 g/mol. The van der Waals surface area contributed by atoms with Gasteiger partial charge in [0.15, 0.2) is 5.82 Å². The number of oxime groups is 1. The smallest absolute Gasteiger partial charge is 0.291 e. The van der Waals surface area contributed by atoms with Crippen LogP contribution in [0.15, 0.2) is 52.7 Å². The Bertz CT molecular complexity index is 638. The topological polar surface area (TPSA) is 108 Å². The number of nitrogens with two attached hydrogens (primary N) is 1. The molecule has 2 aromatic rings. The number of aromatic amines is 1. The summed E-state index contributed by atoms with van der Waals surface area (Å²) >= 11 is 0. The minimum Gasteiger partial charge on any atom is -0.409 e. The summed E-state index contributed by atoms with van der Waals surface area (Å²) in [6, 6.07) is 9.33. The number of hydrogen-bond acceptors (Lipinski definition) is 5. The van der Waals surface area contributed by atoms with Crippen molar-refractivity contribution in [3.63, 3.8) is 0 Å². The van der Waals surface area contributed by atoms with Gasteiger partial charge in [-0.05, 0) is 12.1 Å². The molecular weight excluding hydrogens is 258 g/mol. The molecule has 2 rings (SSSR count). The summed E-state index contributed by atoms with van der Waals surface area (Å²) in [5.74, 6) is 0.364. The zero-order valence-electron chi connectivity index (χ0n) is 10.7. The number of para-hydroxylation sites is 1. The molecule has 4 N–H and O–H groups in total. The van der Waals surface area contributed by atoms with Crippen molar-refractivity contribution in [2.24, 2.45) is 10.9 Å². The molecule has 0 saturated heterocycles. The van der Waals surface area contributed by atoms with Crippen LogP contribution in [0.3, 0.4) is 0 Å². The van der Waals surface area contributed by atoms with E-state index in [9.17, 15) is 4.79 Å². The molecule has 0 unspecified atom stereocenters. The van der Waals surface area contributed by atoms with Crippen molar-refractivity contribution in [3.05, 3.63) is 53.1 Å². The van der Waals surface area contributed by atoms with E-state index in [1.807, 2.05) is 30.3 Å². The molecule has 7 heteroatoms. The van der Waals surface area contributed by atoms with Gasteiger partial charge in [-0.1, -0.05) is 23.4 Å². The number of anilines is 2. The van der Waals surface area contributed by atoms with Crippen LogP contribution in [0.1, 0.15) is 6.42 Å². The van der Waals surface area contributed by atoms with Crippen LogP contribution >= 0.6 is 0 Å². The first-order valence-corrected chi connectivity index (χ1v) is 6.05. The SMILES string of the molecule is N/C(CCN(c1ccccc1)c1ncc[nH]c1=O)=N/O. The van der Waals surface area contributed by atoms with Crippen LogP contribution in [0.4, 0.5) is 11.5 Å². The van der Waals surface area contributed by atoms with E-state index >= 15 is 0 Å². The molecule has 0 aliphatic heterocycles. The number of nitrogens with one attached hydrogen (secondary N) is 1. The van der Waals surface area contributed by atoms with Gasteiger partial charge in [0.2, 0.25) is 0 Å². The van der Waals surface area contributed by atoms with Crippen LogP contribution in [0.5, 0.6) is 0 Å². The van der Waals surface area contributed by atoms with Gasteiger partial charge < -0.3 is 20.8 Å². The molecule has 7 nitrogen and oxygen atoms in total. The van der Waals surface area contributed by atoms with Crippen LogP contribution in [0.2, 0.25) is 0 Å². The fourth-order valence-electron chi connectivity index (χ4n) is 1.78. The molecule has 104 valence electrons. The third kappa shape index (κ3) is 3.14. The normalized spacial score (nSPS) is 11.3. The highest BCUT2D eigenvalue weighted by atomic mass is 16.4. The van der Waals surface area contributed by atoms with Crippen molar-refractivity contribution < 1.29 is 5.21 Å². The van der Waals surface area contributed by atoms with Gasteiger partial charge in [-0.3, -0.25) is 4.79 Å². The Labute approximate surface area is 115 Å². The Kier molecular flexibility index (Phi) is 4.33. The minimum atomic E-state index is -0.295. The van der Waals surface area contributed by atoms with Gasteiger partial charge in [0.1, 0.15) is 5.84 Å². The first-order chi connectivity index (χ1) is 9.72. The Morgan fingerprint density at radius 3 is 2.80 bits per heavy atom. The van der Waals surface area contributed by atoms with Crippen molar-refractivity contribution >= 4 is 17.3 Å². The van der Waals surface area contributed by atoms with Gasteiger partial charge in [-0.25, -0.2) is 4.98 Å². The van der Waals surface area contributed by atoms with Crippen LogP contribution in [0, 0.1) is 0 Å². The largest absolute Gasteiger partial charge is 0.409 e. The number of benzene rings is 1. The third-order valence-corrected chi connectivity index (χ3v) is 2.73. The number of nitrogens with zero attached hydrogens (tertiary/aromatic N) is 3. The van der Waals surface area contributed by atoms with E-state index in [1.54, 1.807) is 4.90 Å². The molecule has 0 atom stereocenters. The molecule has 1 aromatic carbocycles. The Morgan fingerprint density at radius 2 is 2.15 bits per heavy atom. The summed E-state index contributed by atoms with van der Waals surface area (Å²) < 4.78 is 0. The van der Waals surface area contributed by atoms with Gasteiger partial charge in [0, 0.05) is 31.0 Å². The highest BCUT2D eigenvalue weighted by molar-refractivity contribution is 5.80. The molecule has 0 fully saturated rings. The summed E-state index contributed by atoms with van der Waals surface area (Å²) in [5, 5.41) is 11.5. The lowest BCUT2D eigenvalue weighted by atomic mass is 10.2. The maximum Gasteiger partial charge on any atom is 0.291 e. The standard InChI is InChI=1S/C13H15N5O2/c14-11(17-20)6-9-18(10-4-2-1-3-5-10)12-13(19)16-8-7-15-12/h1-5,7-8,20H,6,9H2,(H2,14,17)(H,16,19). The summed E-state index contributed by atoms with van der Waals surface area (Å²) in [4.78, 5) is 20.3. The Morgan fingerprint density at radius 1 is 1.40 bits per heavy atom. The molecule has 1 aromatic heterocycles. The second-order valence-electron chi connectivity index (χ2n) is 4.07. The maximum atomic E-state index is 11.9. The van der Waals surface area contributed by atoms with Crippen LogP contribution < -0.4 is 16.2 Å². The lowest BCUT2D eigenvalue weighted by Gasteiger charge is -2.22. The molecule has 0 aliphatic carbocycles. The lowest BCUT2D eigenvalue weighted by Crippen LogP contribution is -2.29. The summed E-state index contributed by atoms with van der Waals surface area (Å²) in [7, 11) is 0. The zero-order valence-corrected chi connectivity index (χ0v) is 10.7. The monoisotopic (exact) mass is 273 g/mol. The van der Waals surface area contributed by atoms with E-state index < -0.39 is 0 Å². The number of rotatable bonds is 5. The van der Waals surface area contributed by atoms with Gasteiger partial charge in [-0.2, -0.15) is 0 Å². The van der Waals surface area contributed by atoms with E-state index in [2.05, 4.69) is 15.1 Å². The first-order valence-electron chi connectivity index (χ1n) is 6.05. The summed E-state index contributed by atoms with van der Waals surface area (Å²) in [6.07, 6.45) is 3.29. The quantitative estimate of drug-likeness (QED) is 0.326.